The van der Waals surface area contributed by atoms with Crippen molar-refractivity contribution in [2.45, 2.75) is 0 Å². The van der Waals surface area contributed by atoms with E-state index in [-0.39, 0.29) is 46.0 Å². The maximum absolute atomic E-state index is 8.59. The Hall–Kier alpha value is 0.790. The number of hydrogen-bond donors (Lipinski definition) is 2. The molecule has 7 N–H and O–H groups in total. The third-order valence-electron chi connectivity index (χ3n) is 0. The molecule has 0 aromatic rings. The van der Waals surface area contributed by atoms with Crippen LogP contribution >= 0.6 is 0 Å². The zero-order chi connectivity index (χ0) is 3.58. The first-order valence-electron chi connectivity index (χ1n) is 0.565. The zero-order valence-electron chi connectivity index (χ0n) is 3.21. The van der Waals surface area contributed by atoms with Gasteiger partial charge in [0.1, 0.15) is 0 Å². The second-order valence-corrected chi connectivity index (χ2v) is 0.714. The van der Waals surface area contributed by atoms with Gasteiger partial charge in [-0.1, -0.05) is 0 Å². The van der Waals surface area contributed by atoms with E-state index >= 15 is 0 Å². The van der Waals surface area contributed by atoms with E-state index in [0.29, 0.717) is 0 Å². The molecule has 52 valence electrons. The normalized spacial score (nSPS) is 4.25. The van der Waals surface area contributed by atoms with Crippen molar-refractivity contribution in [2.75, 3.05) is 0 Å². The Bertz CT molecular complexity index is 56.9. The number of hydrogen-bond acceptors (Lipinski definition) is 2. The molecule has 0 bridgehead atoms. The third-order valence-corrected chi connectivity index (χ3v) is 0. The van der Waals surface area contributed by atoms with Crippen molar-refractivity contribution in [1.29, 1.82) is 0 Å². The fourth-order valence-corrected chi connectivity index (χ4v) is 0. The summed E-state index contributed by atoms with van der Waals surface area (Å²) in [7, 11) is -3.12. The van der Waals surface area contributed by atoms with Crippen molar-refractivity contribution < 1.29 is 29.4 Å². The summed E-state index contributed by atoms with van der Waals surface area (Å²) in [5, 5.41) is 0. The SMILES string of the molecule is O.O.O.O=[SH](=O)O.[NaH]. The zero-order valence-corrected chi connectivity index (χ0v) is 4.11. The molecule has 0 aliphatic heterocycles. The Morgan fingerprint density at radius 3 is 1.00 bits per heavy atom. The van der Waals surface area contributed by atoms with E-state index in [1.165, 1.54) is 0 Å². The minimum absolute atomic E-state index is 0. The monoisotopic (exact) mass is 160 g/mol. The average Bonchev–Trinajstić information content (AvgIpc) is 0.811. The summed E-state index contributed by atoms with van der Waals surface area (Å²) in [4.78, 5) is 0. The van der Waals surface area contributed by atoms with E-state index in [9.17, 15) is 0 Å². The summed E-state index contributed by atoms with van der Waals surface area (Å²) in [6.07, 6.45) is 0. The van der Waals surface area contributed by atoms with Crippen molar-refractivity contribution in [3.63, 3.8) is 0 Å². The molecule has 0 radical (unpaired) electrons. The molecule has 0 spiro atoms. The summed E-state index contributed by atoms with van der Waals surface area (Å²) >= 11 is 0. The summed E-state index contributed by atoms with van der Waals surface area (Å²) in [6.45, 7) is 0. The van der Waals surface area contributed by atoms with Crippen molar-refractivity contribution >= 4 is 40.5 Å². The van der Waals surface area contributed by atoms with Gasteiger partial charge in [-0.2, -0.15) is 0 Å². The second-order valence-electron chi connectivity index (χ2n) is 0.238. The van der Waals surface area contributed by atoms with Crippen LogP contribution in [0.25, 0.3) is 0 Å². The predicted molar refractivity (Wildman–Crippen MR) is 30.9 cm³/mol. The van der Waals surface area contributed by atoms with Gasteiger partial charge in [-0.05, 0) is 0 Å². The van der Waals surface area contributed by atoms with Crippen molar-refractivity contribution in [3.05, 3.63) is 0 Å². The van der Waals surface area contributed by atoms with Crippen LogP contribution in [0.15, 0.2) is 0 Å². The van der Waals surface area contributed by atoms with Crippen molar-refractivity contribution in [2.24, 2.45) is 0 Å². The Labute approximate surface area is 69.9 Å². The van der Waals surface area contributed by atoms with Crippen LogP contribution in [0.5, 0.6) is 0 Å². The van der Waals surface area contributed by atoms with E-state index in [2.05, 4.69) is 0 Å². The Balaban J connectivity index is -0.00000000750. The molecule has 0 aromatic heterocycles. The summed E-state index contributed by atoms with van der Waals surface area (Å²) in [5.74, 6) is 0. The maximum atomic E-state index is 8.59. The van der Waals surface area contributed by atoms with Gasteiger partial charge in [0, 0.05) is 0 Å². The molecule has 0 saturated heterocycles. The first-order valence-corrected chi connectivity index (χ1v) is 1.70. The van der Waals surface area contributed by atoms with E-state index < -0.39 is 11.0 Å². The van der Waals surface area contributed by atoms with Crippen molar-refractivity contribution in [1.82, 2.24) is 0 Å². The van der Waals surface area contributed by atoms with Crippen LogP contribution in [0.1, 0.15) is 0 Å². The molecule has 0 unspecified atom stereocenters. The second kappa shape index (κ2) is 25.0. The van der Waals surface area contributed by atoms with E-state index in [0.717, 1.165) is 0 Å². The third kappa shape index (κ3) is 365. The molecule has 8 heteroatoms. The fraction of sp³-hybridized carbons (Fsp3) is 0. The van der Waals surface area contributed by atoms with Crippen LogP contribution in [0, 0.1) is 0 Å². The standard InChI is InChI=1S/Na.H2O3S.3H2O.H/c;1-4(2)3;;;;/h;4H,(H,1,2,3);3*1H2;. The Kier molecular flexibility index (Phi) is 116. The van der Waals surface area contributed by atoms with Crippen LogP contribution in [0.4, 0.5) is 0 Å². The first kappa shape index (κ1) is 37.1. The van der Waals surface area contributed by atoms with Gasteiger partial charge in [0.25, 0.3) is 11.0 Å². The van der Waals surface area contributed by atoms with E-state index in [1.807, 2.05) is 0 Å². The van der Waals surface area contributed by atoms with Crippen molar-refractivity contribution in [3.8, 4) is 0 Å². The summed E-state index contributed by atoms with van der Waals surface area (Å²) < 4.78 is 24.2. The van der Waals surface area contributed by atoms with Gasteiger partial charge in [-0.25, -0.2) is 8.42 Å². The Morgan fingerprint density at radius 2 is 1.00 bits per heavy atom. The summed E-state index contributed by atoms with van der Waals surface area (Å²) in [6, 6.07) is 0. The van der Waals surface area contributed by atoms with Crippen LogP contribution in [-0.4, -0.2) is 59.0 Å². The summed E-state index contributed by atoms with van der Waals surface area (Å²) in [5.41, 5.74) is 0. The molecule has 0 aliphatic rings. The Morgan fingerprint density at radius 1 is 1.00 bits per heavy atom. The van der Waals surface area contributed by atoms with Crippen LogP contribution in [0.3, 0.4) is 0 Å². The van der Waals surface area contributed by atoms with Gasteiger partial charge in [0.2, 0.25) is 0 Å². The van der Waals surface area contributed by atoms with Crippen LogP contribution in [0.2, 0.25) is 0 Å². The van der Waals surface area contributed by atoms with Crippen LogP contribution < -0.4 is 0 Å². The molecular weight excluding hydrogens is 151 g/mol. The molecule has 0 aliphatic carbocycles. The van der Waals surface area contributed by atoms with E-state index in [1.54, 1.807) is 0 Å². The number of rotatable bonds is 0. The van der Waals surface area contributed by atoms with Gasteiger partial charge in [-0.15, -0.1) is 0 Å². The molecule has 6 nitrogen and oxygen atoms in total. The molecule has 0 rings (SSSR count). The molecule has 0 atom stereocenters. The topological polar surface area (TPSA) is 149 Å². The molecule has 0 fully saturated rings. The number of thiol groups is 1. The molecule has 8 heavy (non-hydrogen) atoms. The van der Waals surface area contributed by atoms with Gasteiger partial charge in [0.15, 0.2) is 0 Å². The first-order chi connectivity index (χ1) is 1.73. The molecule has 0 aromatic carbocycles. The molecular formula is H9NaO6S. The molecule has 0 heterocycles. The van der Waals surface area contributed by atoms with Gasteiger partial charge in [-0.3, -0.25) is 4.55 Å². The van der Waals surface area contributed by atoms with Crippen LogP contribution in [-0.2, 0) is 11.0 Å². The molecule has 0 saturated carbocycles. The van der Waals surface area contributed by atoms with Gasteiger partial charge in [0.05, 0.1) is 0 Å². The average molecular weight is 160 g/mol. The molecule has 0 amide bonds. The van der Waals surface area contributed by atoms with Gasteiger partial charge < -0.3 is 16.4 Å². The predicted octanol–water partition coefficient (Wildman–Crippen LogP) is -4.05. The minimum atomic E-state index is -3.12. The van der Waals surface area contributed by atoms with E-state index in [4.69, 9.17) is 13.0 Å². The fourth-order valence-electron chi connectivity index (χ4n) is 0. The van der Waals surface area contributed by atoms with Gasteiger partial charge >= 0.3 is 29.6 Å². The quantitative estimate of drug-likeness (QED) is 0.211.